The molecular formula is C13H12F3N3S. The molecule has 1 heterocycles. The minimum Gasteiger partial charge on any atom is -0.330 e. The number of rotatable bonds is 4. The lowest BCUT2D eigenvalue weighted by atomic mass is 10.0. The van der Waals surface area contributed by atoms with Crippen LogP contribution in [-0.2, 0) is 12.6 Å². The summed E-state index contributed by atoms with van der Waals surface area (Å²) in [5, 5.41) is 0.409. The summed E-state index contributed by atoms with van der Waals surface area (Å²) >= 11 is 1.09. The molecule has 0 aliphatic rings. The van der Waals surface area contributed by atoms with Crippen LogP contribution in [0.25, 0.3) is 0 Å². The predicted molar refractivity (Wildman–Crippen MR) is 70.4 cm³/mol. The maximum Gasteiger partial charge on any atom is 0.416 e. The first-order valence-corrected chi connectivity index (χ1v) is 6.67. The molecule has 20 heavy (non-hydrogen) atoms. The third-order valence-electron chi connectivity index (χ3n) is 2.55. The first-order valence-electron chi connectivity index (χ1n) is 5.86. The molecule has 0 amide bonds. The molecule has 1 aromatic heterocycles. The SMILES string of the molecule is NCCc1ccc(Sc2ncccn2)cc1C(F)(F)F. The number of alkyl halides is 3. The zero-order chi connectivity index (χ0) is 14.6. The van der Waals surface area contributed by atoms with Gasteiger partial charge in [0.1, 0.15) is 0 Å². The molecule has 0 aliphatic carbocycles. The lowest BCUT2D eigenvalue weighted by Crippen LogP contribution is -2.12. The minimum atomic E-state index is -4.39. The Bertz CT molecular complexity index is 573. The van der Waals surface area contributed by atoms with E-state index in [-0.39, 0.29) is 18.5 Å². The average Bonchev–Trinajstić information content (AvgIpc) is 2.41. The van der Waals surface area contributed by atoms with Gasteiger partial charge in [-0.1, -0.05) is 6.07 Å². The zero-order valence-electron chi connectivity index (χ0n) is 10.4. The van der Waals surface area contributed by atoms with Gasteiger partial charge in [0.15, 0.2) is 5.16 Å². The van der Waals surface area contributed by atoms with Gasteiger partial charge >= 0.3 is 6.18 Å². The molecule has 0 saturated heterocycles. The summed E-state index contributed by atoms with van der Waals surface area (Å²) in [4.78, 5) is 8.40. The van der Waals surface area contributed by atoms with Crippen molar-refractivity contribution in [2.75, 3.05) is 6.54 Å². The molecule has 2 rings (SSSR count). The Labute approximate surface area is 118 Å². The second-order valence-electron chi connectivity index (χ2n) is 3.99. The van der Waals surface area contributed by atoms with Crippen LogP contribution >= 0.6 is 11.8 Å². The molecular weight excluding hydrogens is 287 g/mol. The van der Waals surface area contributed by atoms with Crippen LogP contribution in [0.1, 0.15) is 11.1 Å². The van der Waals surface area contributed by atoms with E-state index in [0.717, 1.165) is 17.8 Å². The van der Waals surface area contributed by atoms with E-state index in [1.165, 1.54) is 6.07 Å². The highest BCUT2D eigenvalue weighted by molar-refractivity contribution is 7.99. The number of aromatic nitrogens is 2. The van der Waals surface area contributed by atoms with Crippen molar-refractivity contribution in [2.24, 2.45) is 5.73 Å². The van der Waals surface area contributed by atoms with Crippen LogP contribution in [0, 0.1) is 0 Å². The second kappa shape index (κ2) is 6.23. The molecule has 7 heteroatoms. The number of hydrogen-bond acceptors (Lipinski definition) is 4. The third-order valence-corrected chi connectivity index (χ3v) is 3.43. The van der Waals surface area contributed by atoms with Crippen molar-refractivity contribution >= 4 is 11.8 Å². The summed E-state index contributed by atoms with van der Waals surface area (Å²) in [7, 11) is 0. The molecule has 3 nitrogen and oxygen atoms in total. The van der Waals surface area contributed by atoms with Crippen LogP contribution in [0.15, 0.2) is 46.7 Å². The fourth-order valence-electron chi connectivity index (χ4n) is 1.70. The van der Waals surface area contributed by atoms with Crippen LogP contribution in [0.3, 0.4) is 0 Å². The highest BCUT2D eigenvalue weighted by Gasteiger charge is 2.33. The van der Waals surface area contributed by atoms with E-state index in [9.17, 15) is 13.2 Å². The third kappa shape index (κ3) is 3.71. The van der Waals surface area contributed by atoms with Gasteiger partial charge in [-0.05, 0) is 48.5 Å². The summed E-state index contributed by atoms with van der Waals surface area (Å²) in [6, 6.07) is 5.85. The van der Waals surface area contributed by atoms with E-state index < -0.39 is 11.7 Å². The molecule has 2 N–H and O–H groups in total. The Hall–Kier alpha value is -1.60. The Kier molecular flexibility index (Phi) is 4.61. The van der Waals surface area contributed by atoms with Gasteiger partial charge in [-0.3, -0.25) is 0 Å². The van der Waals surface area contributed by atoms with E-state index >= 15 is 0 Å². The lowest BCUT2D eigenvalue weighted by Gasteiger charge is -2.13. The molecule has 0 unspecified atom stereocenters. The van der Waals surface area contributed by atoms with Gasteiger partial charge in [-0.2, -0.15) is 13.2 Å². The summed E-state index contributed by atoms with van der Waals surface area (Å²) in [6.07, 6.45) is -1.11. The Balaban J connectivity index is 2.32. The van der Waals surface area contributed by atoms with Gasteiger partial charge in [0.05, 0.1) is 5.56 Å². The largest absolute Gasteiger partial charge is 0.416 e. The maximum absolute atomic E-state index is 13.0. The van der Waals surface area contributed by atoms with E-state index in [4.69, 9.17) is 5.73 Å². The zero-order valence-corrected chi connectivity index (χ0v) is 11.2. The van der Waals surface area contributed by atoms with Crippen LogP contribution < -0.4 is 5.73 Å². The highest BCUT2D eigenvalue weighted by atomic mass is 32.2. The van der Waals surface area contributed by atoms with Crippen LogP contribution in [0.4, 0.5) is 13.2 Å². The number of nitrogens with zero attached hydrogens (tertiary/aromatic N) is 2. The highest BCUT2D eigenvalue weighted by Crippen LogP contribution is 2.36. The van der Waals surface area contributed by atoms with Crippen LogP contribution in [0.2, 0.25) is 0 Å². The van der Waals surface area contributed by atoms with Crippen molar-refractivity contribution in [2.45, 2.75) is 22.6 Å². The van der Waals surface area contributed by atoms with Crippen molar-refractivity contribution in [3.8, 4) is 0 Å². The number of benzene rings is 1. The van der Waals surface area contributed by atoms with Gasteiger partial charge in [0.25, 0.3) is 0 Å². The molecule has 1 aromatic carbocycles. The average molecular weight is 299 g/mol. The fraction of sp³-hybridized carbons (Fsp3) is 0.231. The number of halogens is 3. The fourth-order valence-corrected chi connectivity index (χ4v) is 2.45. The monoisotopic (exact) mass is 299 g/mol. The van der Waals surface area contributed by atoms with Crippen molar-refractivity contribution in [1.82, 2.24) is 9.97 Å². The van der Waals surface area contributed by atoms with Crippen molar-refractivity contribution in [1.29, 1.82) is 0 Å². The summed E-state index contributed by atoms with van der Waals surface area (Å²) in [5.41, 5.74) is 4.90. The van der Waals surface area contributed by atoms with E-state index in [0.29, 0.717) is 10.1 Å². The Morgan fingerprint density at radius 2 is 1.85 bits per heavy atom. The summed E-state index contributed by atoms with van der Waals surface area (Å²) < 4.78 is 39.0. The first-order chi connectivity index (χ1) is 9.50. The van der Waals surface area contributed by atoms with Crippen molar-refractivity contribution < 1.29 is 13.2 Å². The van der Waals surface area contributed by atoms with E-state index in [1.807, 2.05) is 0 Å². The van der Waals surface area contributed by atoms with Gasteiger partial charge in [-0.15, -0.1) is 0 Å². The van der Waals surface area contributed by atoms with E-state index in [1.54, 1.807) is 24.5 Å². The standard InChI is InChI=1S/C13H12F3N3S/c14-13(15,16)11-8-10(3-2-9(11)4-5-17)20-12-18-6-1-7-19-12/h1-3,6-8H,4-5,17H2. The predicted octanol–water partition coefficient (Wildman–Crippen LogP) is 3.15. The maximum atomic E-state index is 13.0. The van der Waals surface area contributed by atoms with Gasteiger partial charge in [0.2, 0.25) is 0 Å². The molecule has 0 saturated carbocycles. The molecule has 0 bridgehead atoms. The van der Waals surface area contributed by atoms with Crippen LogP contribution in [0.5, 0.6) is 0 Å². The van der Waals surface area contributed by atoms with Gasteiger partial charge < -0.3 is 5.73 Å². The first kappa shape index (κ1) is 14.8. The normalized spacial score (nSPS) is 11.6. The quantitative estimate of drug-likeness (QED) is 0.881. The number of hydrogen-bond donors (Lipinski definition) is 1. The molecule has 2 aromatic rings. The van der Waals surface area contributed by atoms with Crippen LogP contribution in [-0.4, -0.2) is 16.5 Å². The second-order valence-corrected chi connectivity index (χ2v) is 5.03. The smallest absolute Gasteiger partial charge is 0.330 e. The molecule has 0 aliphatic heterocycles. The number of nitrogens with two attached hydrogens (primary N) is 1. The molecule has 0 spiro atoms. The topological polar surface area (TPSA) is 51.8 Å². The van der Waals surface area contributed by atoms with Crippen molar-refractivity contribution in [3.05, 3.63) is 47.8 Å². The Morgan fingerprint density at radius 3 is 2.45 bits per heavy atom. The molecule has 0 atom stereocenters. The van der Waals surface area contributed by atoms with Gasteiger partial charge in [-0.25, -0.2) is 9.97 Å². The molecule has 0 fully saturated rings. The lowest BCUT2D eigenvalue weighted by molar-refractivity contribution is -0.138. The summed E-state index contributed by atoms with van der Waals surface area (Å²) in [5.74, 6) is 0. The molecule has 106 valence electrons. The van der Waals surface area contributed by atoms with E-state index in [2.05, 4.69) is 9.97 Å². The minimum absolute atomic E-state index is 0.178. The summed E-state index contributed by atoms with van der Waals surface area (Å²) in [6.45, 7) is 0.178. The Morgan fingerprint density at radius 1 is 1.15 bits per heavy atom. The van der Waals surface area contributed by atoms with Gasteiger partial charge in [0, 0.05) is 17.3 Å². The van der Waals surface area contributed by atoms with Crippen molar-refractivity contribution in [3.63, 3.8) is 0 Å². The molecule has 0 radical (unpaired) electrons.